The Kier molecular flexibility index (Phi) is 4.03. The van der Waals surface area contributed by atoms with Crippen molar-refractivity contribution in [3.63, 3.8) is 0 Å². The van der Waals surface area contributed by atoms with Crippen molar-refractivity contribution in [2.45, 2.75) is 32.7 Å². The maximum Gasteiger partial charge on any atom is 0.190 e. The van der Waals surface area contributed by atoms with Crippen molar-refractivity contribution in [1.29, 1.82) is 0 Å². The summed E-state index contributed by atoms with van der Waals surface area (Å²) in [5.74, 6) is 0. The van der Waals surface area contributed by atoms with Crippen molar-refractivity contribution in [2.75, 3.05) is 18.0 Å². The number of thiazole rings is 1. The van der Waals surface area contributed by atoms with Crippen LogP contribution in [0.15, 0.2) is 29.6 Å². The van der Waals surface area contributed by atoms with E-state index in [1.807, 2.05) is 0 Å². The van der Waals surface area contributed by atoms with E-state index in [9.17, 15) is 0 Å². The van der Waals surface area contributed by atoms with Crippen LogP contribution in [0.1, 0.15) is 37.6 Å². The third-order valence-corrected chi connectivity index (χ3v) is 4.65. The van der Waals surface area contributed by atoms with E-state index in [0.29, 0.717) is 6.04 Å². The number of nitrogens with one attached hydrogen (secondary N) is 1. The van der Waals surface area contributed by atoms with Crippen LogP contribution in [0.25, 0.3) is 0 Å². The maximum absolute atomic E-state index is 4.83. The van der Waals surface area contributed by atoms with E-state index in [0.717, 1.165) is 36.8 Å². The second-order valence-corrected chi connectivity index (χ2v) is 6.10. The van der Waals surface area contributed by atoms with Gasteiger partial charge in [0.05, 0.1) is 5.69 Å². The Morgan fingerprint density at radius 1 is 1.40 bits per heavy atom. The molecule has 2 heterocycles. The smallest absolute Gasteiger partial charge is 0.190 e. The average Bonchev–Trinajstić information content (AvgIpc) is 3.10. The second kappa shape index (κ2) is 5.94. The summed E-state index contributed by atoms with van der Waals surface area (Å²) in [6.45, 7) is 6.46. The summed E-state index contributed by atoms with van der Waals surface area (Å²) in [6.07, 6.45) is 2.27. The minimum atomic E-state index is 0.331. The topological polar surface area (TPSA) is 28.2 Å². The van der Waals surface area contributed by atoms with Gasteiger partial charge in [0.2, 0.25) is 0 Å². The minimum Gasteiger partial charge on any atom is -0.317 e. The third kappa shape index (κ3) is 2.58. The van der Waals surface area contributed by atoms with E-state index >= 15 is 0 Å². The van der Waals surface area contributed by atoms with Crippen LogP contribution in [-0.4, -0.2) is 18.1 Å². The summed E-state index contributed by atoms with van der Waals surface area (Å²) in [5.41, 5.74) is 3.91. The van der Waals surface area contributed by atoms with Gasteiger partial charge in [-0.25, -0.2) is 4.98 Å². The van der Waals surface area contributed by atoms with Gasteiger partial charge in [-0.3, -0.25) is 0 Å². The molecule has 0 amide bonds. The first-order valence-corrected chi connectivity index (χ1v) is 8.22. The molecule has 1 aliphatic heterocycles. The molecule has 2 aromatic rings. The first kappa shape index (κ1) is 13.6. The molecule has 1 N–H and O–H groups in total. The van der Waals surface area contributed by atoms with Gasteiger partial charge in [-0.15, -0.1) is 11.3 Å². The Hall–Kier alpha value is -1.39. The first-order chi connectivity index (χ1) is 9.79. The highest BCUT2D eigenvalue weighted by Crippen LogP contribution is 2.36. The van der Waals surface area contributed by atoms with Crippen LogP contribution < -0.4 is 10.2 Å². The number of nitrogens with zero attached hydrogens (tertiary/aromatic N) is 2. The molecule has 0 spiro atoms. The Balaban J connectivity index is 1.78. The van der Waals surface area contributed by atoms with Gasteiger partial charge >= 0.3 is 0 Å². The summed E-state index contributed by atoms with van der Waals surface area (Å²) in [5, 5.41) is 6.80. The van der Waals surface area contributed by atoms with Crippen molar-refractivity contribution in [3.8, 4) is 0 Å². The highest BCUT2D eigenvalue weighted by Gasteiger charge is 2.22. The lowest BCUT2D eigenvalue weighted by molar-refractivity contribution is 0.561. The Labute approximate surface area is 124 Å². The summed E-state index contributed by atoms with van der Waals surface area (Å²) in [6, 6.07) is 8.97. The zero-order valence-corrected chi connectivity index (χ0v) is 12.9. The highest BCUT2D eigenvalue weighted by molar-refractivity contribution is 7.13. The monoisotopic (exact) mass is 287 g/mol. The quantitative estimate of drug-likeness (QED) is 0.904. The van der Waals surface area contributed by atoms with E-state index in [-0.39, 0.29) is 0 Å². The lowest BCUT2D eigenvalue weighted by Gasteiger charge is -2.16. The first-order valence-electron chi connectivity index (χ1n) is 7.34. The number of anilines is 2. The van der Waals surface area contributed by atoms with Gasteiger partial charge in [-0.1, -0.05) is 25.1 Å². The number of hydrogen-bond acceptors (Lipinski definition) is 4. The third-order valence-electron chi connectivity index (χ3n) is 3.77. The molecular weight excluding hydrogens is 266 g/mol. The van der Waals surface area contributed by atoms with Crippen LogP contribution in [0.5, 0.6) is 0 Å². The number of fused-ring (bicyclic) bond motifs is 1. The largest absolute Gasteiger partial charge is 0.317 e. The fraction of sp³-hybridized carbons (Fsp3) is 0.438. The molecule has 1 aromatic heterocycles. The van der Waals surface area contributed by atoms with E-state index in [1.165, 1.54) is 11.3 Å². The fourth-order valence-corrected chi connectivity index (χ4v) is 3.56. The molecule has 1 aliphatic rings. The Morgan fingerprint density at radius 3 is 3.10 bits per heavy atom. The molecule has 20 heavy (non-hydrogen) atoms. The lowest BCUT2D eigenvalue weighted by Crippen LogP contribution is -2.20. The number of hydrogen-bond donors (Lipinski definition) is 1. The van der Waals surface area contributed by atoms with Crippen molar-refractivity contribution >= 4 is 22.2 Å². The molecule has 0 fully saturated rings. The summed E-state index contributed by atoms with van der Waals surface area (Å²) in [7, 11) is 0. The molecule has 3 nitrogen and oxygen atoms in total. The standard InChI is InChI=1S/C16H21N3S/c1-3-9-17-12(2)14-11-20-16(18-14)19-10-8-13-6-4-5-7-15(13)19/h4-7,11-12,17H,3,8-10H2,1-2H3. The molecule has 1 atom stereocenters. The van der Waals surface area contributed by atoms with Gasteiger partial charge in [0.1, 0.15) is 0 Å². The summed E-state index contributed by atoms with van der Waals surface area (Å²) < 4.78 is 0. The molecule has 0 radical (unpaired) electrons. The molecule has 4 heteroatoms. The van der Waals surface area contributed by atoms with E-state index in [4.69, 9.17) is 4.98 Å². The van der Waals surface area contributed by atoms with Crippen LogP contribution in [0, 0.1) is 0 Å². The van der Waals surface area contributed by atoms with Crippen LogP contribution in [0.3, 0.4) is 0 Å². The van der Waals surface area contributed by atoms with Crippen LogP contribution in [0.2, 0.25) is 0 Å². The lowest BCUT2D eigenvalue weighted by atomic mass is 10.2. The SMILES string of the molecule is CCCNC(C)c1csc(N2CCc3ccccc32)n1. The molecule has 0 bridgehead atoms. The number of para-hydroxylation sites is 1. The molecule has 106 valence electrons. The second-order valence-electron chi connectivity index (χ2n) is 5.26. The van der Waals surface area contributed by atoms with Crippen LogP contribution >= 0.6 is 11.3 Å². The molecule has 3 rings (SSSR count). The van der Waals surface area contributed by atoms with Gasteiger partial charge in [-0.2, -0.15) is 0 Å². The number of benzene rings is 1. The highest BCUT2D eigenvalue weighted by atomic mass is 32.1. The zero-order chi connectivity index (χ0) is 13.9. The van der Waals surface area contributed by atoms with Gasteiger partial charge in [0, 0.05) is 23.7 Å². The average molecular weight is 287 g/mol. The Bertz CT molecular complexity index is 579. The van der Waals surface area contributed by atoms with Crippen molar-refractivity contribution in [2.24, 2.45) is 0 Å². The molecular formula is C16H21N3S. The van der Waals surface area contributed by atoms with Crippen LogP contribution in [0.4, 0.5) is 10.8 Å². The van der Waals surface area contributed by atoms with Gasteiger partial charge in [0.25, 0.3) is 0 Å². The van der Waals surface area contributed by atoms with E-state index < -0.39 is 0 Å². The number of aromatic nitrogens is 1. The minimum absolute atomic E-state index is 0.331. The van der Waals surface area contributed by atoms with Crippen LogP contribution in [-0.2, 0) is 6.42 Å². The zero-order valence-electron chi connectivity index (χ0n) is 12.1. The predicted molar refractivity (Wildman–Crippen MR) is 86.0 cm³/mol. The molecule has 1 aromatic carbocycles. The van der Waals surface area contributed by atoms with Gasteiger partial charge in [-0.05, 0) is 37.9 Å². The van der Waals surface area contributed by atoms with E-state index in [2.05, 4.69) is 53.7 Å². The molecule has 0 aliphatic carbocycles. The van der Waals surface area contributed by atoms with Gasteiger partial charge in [0.15, 0.2) is 5.13 Å². The molecule has 0 saturated carbocycles. The van der Waals surface area contributed by atoms with Crippen molar-refractivity contribution < 1.29 is 0 Å². The normalized spacial score (nSPS) is 15.4. The summed E-state index contributed by atoms with van der Waals surface area (Å²) >= 11 is 1.75. The maximum atomic E-state index is 4.83. The molecule has 0 saturated heterocycles. The van der Waals surface area contributed by atoms with Crippen molar-refractivity contribution in [3.05, 3.63) is 40.9 Å². The Morgan fingerprint density at radius 2 is 2.25 bits per heavy atom. The fourth-order valence-electron chi connectivity index (χ4n) is 2.60. The number of rotatable bonds is 5. The summed E-state index contributed by atoms with van der Waals surface area (Å²) in [4.78, 5) is 7.17. The van der Waals surface area contributed by atoms with Crippen molar-refractivity contribution in [1.82, 2.24) is 10.3 Å². The molecule has 1 unspecified atom stereocenters. The van der Waals surface area contributed by atoms with Gasteiger partial charge < -0.3 is 10.2 Å². The predicted octanol–water partition coefficient (Wildman–Crippen LogP) is 3.90. The van der Waals surface area contributed by atoms with E-state index in [1.54, 1.807) is 11.3 Å².